The predicted molar refractivity (Wildman–Crippen MR) is 102 cm³/mol. The van der Waals surface area contributed by atoms with Crippen molar-refractivity contribution < 1.29 is 19.0 Å². The number of benzene rings is 2. The summed E-state index contributed by atoms with van der Waals surface area (Å²) >= 11 is 0. The highest BCUT2D eigenvalue weighted by Crippen LogP contribution is 2.25. The van der Waals surface area contributed by atoms with Crippen LogP contribution in [0.5, 0.6) is 17.2 Å². The van der Waals surface area contributed by atoms with Crippen LogP contribution >= 0.6 is 0 Å². The van der Waals surface area contributed by atoms with Gasteiger partial charge in [-0.2, -0.15) is 0 Å². The molecule has 0 atom stereocenters. The first-order chi connectivity index (χ1) is 12.4. The molecule has 0 aliphatic rings. The molecule has 2 rings (SSSR count). The van der Waals surface area contributed by atoms with Crippen LogP contribution in [0.25, 0.3) is 0 Å². The third-order valence-corrected chi connectivity index (χ3v) is 3.84. The van der Waals surface area contributed by atoms with E-state index < -0.39 is 0 Å². The van der Waals surface area contributed by atoms with Gasteiger partial charge in [-0.3, -0.25) is 4.79 Å². The molecule has 2 aromatic carbocycles. The van der Waals surface area contributed by atoms with Crippen LogP contribution in [0.15, 0.2) is 48.5 Å². The molecule has 0 saturated carbocycles. The summed E-state index contributed by atoms with van der Waals surface area (Å²) in [5.41, 5.74) is 1.38. The first-order valence-electron chi connectivity index (χ1n) is 8.66. The average Bonchev–Trinajstić information content (AvgIpc) is 2.63. The maximum atomic E-state index is 11.8. The third-order valence-electron chi connectivity index (χ3n) is 3.84. The summed E-state index contributed by atoms with van der Waals surface area (Å²) in [4.78, 5) is 11.8. The van der Waals surface area contributed by atoms with Crippen LogP contribution in [0, 0.1) is 0 Å². The van der Waals surface area contributed by atoms with E-state index in [4.69, 9.17) is 14.2 Å². The molecular weight excluding hydrogens is 330 g/mol. The van der Waals surface area contributed by atoms with Gasteiger partial charge in [-0.15, -0.1) is 0 Å². The maximum Gasteiger partial charge on any atom is 0.258 e. The monoisotopic (exact) mass is 357 g/mol. The molecule has 0 radical (unpaired) electrons. The highest BCUT2D eigenvalue weighted by molar-refractivity contribution is 5.77. The molecule has 0 aliphatic carbocycles. The van der Waals surface area contributed by atoms with Crippen LogP contribution in [-0.4, -0.2) is 32.8 Å². The molecule has 0 unspecified atom stereocenters. The van der Waals surface area contributed by atoms with Gasteiger partial charge in [0.2, 0.25) is 0 Å². The van der Waals surface area contributed by atoms with E-state index in [0.29, 0.717) is 24.7 Å². The summed E-state index contributed by atoms with van der Waals surface area (Å²) in [6.07, 6.45) is 0. The van der Waals surface area contributed by atoms with Gasteiger partial charge in [-0.25, -0.2) is 0 Å². The minimum atomic E-state index is -0.206. The standard InChI is InChI=1S/C21H27NO4/c1-21(2,3)16-9-11-17(12-10-16)25-14-13-22-20(23)15-26-19-8-6-5-7-18(19)24-4/h5-12H,13-15H2,1-4H3,(H,22,23). The molecule has 0 spiro atoms. The van der Waals surface area contributed by atoms with Crippen molar-refractivity contribution in [2.24, 2.45) is 0 Å². The molecule has 26 heavy (non-hydrogen) atoms. The number of hydrogen-bond acceptors (Lipinski definition) is 4. The Morgan fingerprint density at radius 1 is 0.962 bits per heavy atom. The van der Waals surface area contributed by atoms with Crippen molar-refractivity contribution in [1.29, 1.82) is 0 Å². The van der Waals surface area contributed by atoms with E-state index in [-0.39, 0.29) is 17.9 Å². The highest BCUT2D eigenvalue weighted by atomic mass is 16.5. The summed E-state index contributed by atoms with van der Waals surface area (Å²) < 4.78 is 16.3. The fraction of sp³-hybridized carbons (Fsp3) is 0.381. The van der Waals surface area contributed by atoms with Gasteiger partial charge in [-0.1, -0.05) is 45.0 Å². The van der Waals surface area contributed by atoms with Crippen LogP contribution in [0.3, 0.4) is 0 Å². The number of rotatable bonds is 8. The average molecular weight is 357 g/mol. The lowest BCUT2D eigenvalue weighted by Gasteiger charge is -2.19. The van der Waals surface area contributed by atoms with Crippen LogP contribution < -0.4 is 19.5 Å². The van der Waals surface area contributed by atoms with Crippen molar-refractivity contribution in [2.75, 3.05) is 26.9 Å². The SMILES string of the molecule is COc1ccccc1OCC(=O)NCCOc1ccc(C(C)(C)C)cc1. The zero-order valence-electron chi connectivity index (χ0n) is 15.9. The summed E-state index contributed by atoms with van der Waals surface area (Å²) in [7, 11) is 1.56. The minimum Gasteiger partial charge on any atom is -0.493 e. The van der Waals surface area contributed by atoms with Crippen molar-refractivity contribution in [1.82, 2.24) is 5.32 Å². The molecule has 0 fully saturated rings. The van der Waals surface area contributed by atoms with Gasteiger partial charge < -0.3 is 19.5 Å². The predicted octanol–water partition coefficient (Wildman–Crippen LogP) is 3.57. The quantitative estimate of drug-likeness (QED) is 0.734. The number of ether oxygens (including phenoxy) is 3. The smallest absolute Gasteiger partial charge is 0.258 e. The van der Waals surface area contributed by atoms with E-state index in [1.165, 1.54) is 5.56 Å². The molecule has 1 amide bonds. The van der Waals surface area contributed by atoms with E-state index in [1.807, 2.05) is 24.3 Å². The fourth-order valence-electron chi connectivity index (χ4n) is 2.34. The Kier molecular flexibility index (Phi) is 6.89. The summed E-state index contributed by atoms with van der Waals surface area (Å²) in [5.74, 6) is 1.72. The van der Waals surface area contributed by atoms with E-state index >= 15 is 0 Å². The topological polar surface area (TPSA) is 56.8 Å². The van der Waals surface area contributed by atoms with Crippen LogP contribution in [-0.2, 0) is 10.2 Å². The number of amides is 1. The van der Waals surface area contributed by atoms with E-state index in [9.17, 15) is 4.79 Å². The molecule has 0 saturated heterocycles. The molecule has 0 aliphatic heterocycles. The number of hydrogen-bond donors (Lipinski definition) is 1. The van der Waals surface area contributed by atoms with Crippen LogP contribution in [0.4, 0.5) is 0 Å². The normalized spacial score (nSPS) is 10.9. The van der Waals surface area contributed by atoms with Crippen LogP contribution in [0.1, 0.15) is 26.3 Å². The summed E-state index contributed by atoms with van der Waals surface area (Å²) in [5, 5.41) is 2.77. The highest BCUT2D eigenvalue weighted by Gasteiger charge is 2.13. The first-order valence-corrected chi connectivity index (χ1v) is 8.66. The van der Waals surface area contributed by atoms with Crippen molar-refractivity contribution in [3.63, 3.8) is 0 Å². The second-order valence-corrected chi connectivity index (χ2v) is 6.91. The van der Waals surface area contributed by atoms with E-state index in [2.05, 4.69) is 38.2 Å². The van der Waals surface area contributed by atoms with Crippen molar-refractivity contribution >= 4 is 5.91 Å². The Morgan fingerprint density at radius 3 is 2.23 bits per heavy atom. The molecule has 0 bridgehead atoms. The third kappa shape index (κ3) is 5.99. The molecule has 1 N–H and O–H groups in total. The maximum absolute atomic E-state index is 11.8. The molecule has 140 valence electrons. The Morgan fingerprint density at radius 2 is 1.62 bits per heavy atom. The van der Waals surface area contributed by atoms with E-state index in [1.54, 1.807) is 19.2 Å². The van der Waals surface area contributed by atoms with Gasteiger partial charge in [0.25, 0.3) is 5.91 Å². The van der Waals surface area contributed by atoms with E-state index in [0.717, 1.165) is 5.75 Å². The molecule has 0 aromatic heterocycles. The second-order valence-electron chi connectivity index (χ2n) is 6.91. The first kappa shape index (κ1) is 19.6. The van der Waals surface area contributed by atoms with Crippen molar-refractivity contribution in [3.8, 4) is 17.2 Å². The number of para-hydroxylation sites is 2. The van der Waals surface area contributed by atoms with Gasteiger partial charge in [0.15, 0.2) is 18.1 Å². The number of nitrogens with one attached hydrogen (secondary N) is 1. The Balaban J connectivity index is 1.68. The molecule has 0 heterocycles. The lowest BCUT2D eigenvalue weighted by Crippen LogP contribution is -2.32. The Hall–Kier alpha value is -2.69. The lowest BCUT2D eigenvalue weighted by molar-refractivity contribution is -0.123. The minimum absolute atomic E-state index is 0.0688. The summed E-state index contributed by atoms with van der Waals surface area (Å²) in [6.45, 7) is 7.26. The summed E-state index contributed by atoms with van der Waals surface area (Å²) in [6, 6.07) is 15.2. The molecule has 5 heteroatoms. The Bertz CT molecular complexity index is 705. The fourth-order valence-corrected chi connectivity index (χ4v) is 2.34. The second kappa shape index (κ2) is 9.13. The van der Waals surface area contributed by atoms with Crippen molar-refractivity contribution in [3.05, 3.63) is 54.1 Å². The number of carbonyl (C=O) groups is 1. The van der Waals surface area contributed by atoms with Gasteiger partial charge in [0.05, 0.1) is 13.7 Å². The molecule has 2 aromatic rings. The molecule has 5 nitrogen and oxygen atoms in total. The number of methoxy groups -OCH3 is 1. The van der Waals surface area contributed by atoms with Crippen molar-refractivity contribution in [2.45, 2.75) is 26.2 Å². The van der Waals surface area contributed by atoms with Crippen LogP contribution in [0.2, 0.25) is 0 Å². The van der Waals surface area contributed by atoms with Gasteiger partial charge in [-0.05, 0) is 35.2 Å². The number of carbonyl (C=O) groups excluding carboxylic acids is 1. The lowest BCUT2D eigenvalue weighted by atomic mass is 9.87. The van der Waals surface area contributed by atoms with Gasteiger partial charge in [0, 0.05) is 0 Å². The largest absolute Gasteiger partial charge is 0.493 e. The zero-order valence-corrected chi connectivity index (χ0v) is 15.9. The Labute approximate surface area is 155 Å². The van der Waals surface area contributed by atoms with Gasteiger partial charge in [0.1, 0.15) is 12.4 Å². The van der Waals surface area contributed by atoms with Gasteiger partial charge >= 0.3 is 0 Å². The zero-order chi connectivity index (χ0) is 19.0. The molecular formula is C21H27NO4.